The van der Waals surface area contributed by atoms with Crippen LogP contribution >= 0.6 is 0 Å². The molecule has 0 bridgehead atoms. The molecular weight excluding hydrogens is 350 g/mol. The Morgan fingerprint density at radius 2 is 1.62 bits per heavy atom. The molecule has 0 spiro atoms. The Morgan fingerprint density at radius 3 is 2.23 bits per heavy atom. The molecule has 1 aliphatic rings. The second kappa shape index (κ2) is 7.88. The molecule has 0 saturated carbocycles. The van der Waals surface area contributed by atoms with Crippen LogP contribution < -0.4 is 10.9 Å². The quantitative estimate of drug-likeness (QED) is 0.790. The van der Waals surface area contributed by atoms with Crippen LogP contribution in [0.4, 0.5) is 5.69 Å². The van der Waals surface area contributed by atoms with Crippen LogP contribution in [0.1, 0.15) is 30.1 Å². The number of carbonyl (C=O) groups is 1. The predicted molar refractivity (Wildman–Crippen MR) is 101 cm³/mol. The zero-order valence-electron chi connectivity index (χ0n) is 14.7. The molecular formula is C19H23N3O3S. The van der Waals surface area contributed by atoms with Gasteiger partial charge in [0.05, 0.1) is 10.6 Å². The second-order valence-electron chi connectivity index (χ2n) is 6.56. The van der Waals surface area contributed by atoms with Crippen molar-refractivity contribution in [1.82, 2.24) is 9.73 Å². The van der Waals surface area contributed by atoms with Gasteiger partial charge in [-0.05, 0) is 55.2 Å². The Kier molecular flexibility index (Phi) is 5.58. The minimum atomic E-state index is -3.50. The number of piperidine rings is 1. The Morgan fingerprint density at radius 1 is 1.00 bits per heavy atom. The zero-order valence-corrected chi connectivity index (χ0v) is 15.5. The molecule has 2 aromatic rings. The van der Waals surface area contributed by atoms with Gasteiger partial charge in [-0.15, -0.1) is 0 Å². The molecule has 3 rings (SSSR count). The number of anilines is 1. The highest BCUT2D eigenvalue weighted by molar-refractivity contribution is 7.89. The first-order valence-corrected chi connectivity index (χ1v) is 10.1. The number of amides is 1. The van der Waals surface area contributed by atoms with Gasteiger partial charge in [-0.2, -0.15) is 4.31 Å². The van der Waals surface area contributed by atoms with Gasteiger partial charge in [0.15, 0.2) is 0 Å². The number of hydrogen-bond acceptors (Lipinski definition) is 4. The van der Waals surface area contributed by atoms with Crippen LogP contribution in [0.15, 0.2) is 59.5 Å². The zero-order chi connectivity index (χ0) is 18.6. The minimum Gasteiger partial charge on any atom is -0.298 e. The molecule has 7 heteroatoms. The summed E-state index contributed by atoms with van der Waals surface area (Å²) in [4.78, 5) is 12.4. The van der Waals surface area contributed by atoms with E-state index in [1.165, 1.54) is 28.6 Å². The van der Waals surface area contributed by atoms with Gasteiger partial charge in [-0.3, -0.25) is 15.6 Å². The van der Waals surface area contributed by atoms with E-state index in [0.717, 1.165) is 18.5 Å². The van der Waals surface area contributed by atoms with Crippen LogP contribution in [0, 0.1) is 5.92 Å². The fourth-order valence-corrected chi connectivity index (χ4v) is 4.34. The number of nitrogens with one attached hydrogen (secondary N) is 2. The summed E-state index contributed by atoms with van der Waals surface area (Å²) in [6, 6.07) is 15.3. The Bertz CT molecular complexity index is 843. The lowest BCUT2D eigenvalue weighted by atomic mass is 10.0. The number of benzene rings is 2. The molecule has 2 N–H and O–H groups in total. The third-order valence-corrected chi connectivity index (χ3v) is 6.50. The maximum Gasteiger partial charge on any atom is 0.269 e. The topological polar surface area (TPSA) is 78.5 Å². The highest BCUT2D eigenvalue weighted by Gasteiger charge is 2.28. The number of nitrogens with zero attached hydrogens (tertiary/aromatic N) is 1. The molecule has 2 aromatic carbocycles. The molecule has 0 radical (unpaired) electrons. The second-order valence-corrected chi connectivity index (χ2v) is 8.49. The van der Waals surface area contributed by atoms with Crippen molar-refractivity contribution in [3.8, 4) is 0 Å². The summed E-state index contributed by atoms with van der Waals surface area (Å²) in [5, 5.41) is 0. The van der Waals surface area contributed by atoms with E-state index in [-0.39, 0.29) is 10.8 Å². The minimum absolute atomic E-state index is 0.222. The Labute approximate surface area is 154 Å². The van der Waals surface area contributed by atoms with Gasteiger partial charge >= 0.3 is 0 Å². The molecule has 0 atom stereocenters. The first-order chi connectivity index (χ1) is 12.5. The molecule has 1 aliphatic heterocycles. The molecule has 0 aromatic heterocycles. The molecule has 1 fully saturated rings. The van der Waals surface area contributed by atoms with Crippen molar-refractivity contribution in [2.75, 3.05) is 18.5 Å². The van der Waals surface area contributed by atoms with Gasteiger partial charge in [0.25, 0.3) is 5.91 Å². The van der Waals surface area contributed by atoms with Crippen molar-refractivity contribution in [3.05, 3.63) is 60.2 Å². The summed E-state index contributed by atoms with van der Waals surface area (Å²) < 4.78 is 26.9. The summed E-state index contributed by atoms with van der Waals surface area (Å²) in [6.45, 7) is 3.24. The maximum absolute atomic E-state index is 12.7. The summed E-state index contributed by atoms with van der Waals surface area (Å²) in [7, 11) is -3.50. The van der Waals surface area contributed by atoms with Gasteiger partial charge in [0, 0.05) is 18.7 Å². The monoisotopic (exact) mass is 373 g/mol. The van der Waals surface area contributed by atoms with Gasteiger partial charge in [0.1, 0.15) is 0 Å². The number of hydrazine groups is 1. The summed E-state index contributed by atoms with van der Waals surface area (Å²) in [5.41, 5.74) is 6.56. The molecule has 6 nitrogen and oxygen atoms in total. The number of sulfonamides is 1. The van der Waals surface area contributed by atoms with Crippen LogP contribution in [0.3, 0.4) is 0 Å². The van der Waals surface area contributed by atoms with Crippen LogP contribution in [-0.4, -0.2) is 31.7 Å². The number of para-hydroxylation sites is 1. The highest BCUT2D eigenvalue weighted by Crippen LogP contribution is 2.23. The lowest BCUT2D eigenvalue weighted by Gasteiger charge is -2.29. The van der Waals surface area contributed by atoms with E-state index in [1.54, 1.807) is 0 Å². The van der Waals surface area contributed by atoms with E-state index in [0.29, 0.717) is 24.6 Å². The summed E-state index contributed by atoms with van der Waals surface area (Å²) in [6.07, 6.45) is 1.76. The van der Waals surface area contributed by atoms with Crippen LogP contribution in [0.5, 0.6) is 0 Å². The molecule has 1 saturated heterocycles. The Hall–Kier alpha value is -2.38. The van der Waals surface area contributed by atoms with Crippen molar-refractivity contribution >= 4 is 21.6 Å². The normalized spacial score (nSPS) is 16.2. The van der Waals surface area contributed by atoms with Crippen molar-refractivity contribution < 1.29 is 13.2 Å². The van der Waals surface area contributed by atoms with E-state index >= 15 is 0 Å². The molecule has 1 heterocycles. The predicted octanol–water partition coefficient (Wildman–Crippen LogP) is 2.86. The summed E-state index contributed by atoms with van der Waals surface area (Å²) >= 11 is 0. The lowest BCUT2D eigenvalue weighted by molar-refractivity contribution is 0.0962. The SMILES string of the molecule is CC1CCN(S(=O)(=O)c2ccc(C(=O)NNc3ccccc3)cc2)CC1. The van der Waals surface area contributed by atoms with E-state index in [9.17, 15) is 13.2 Å². The number of carbonyl (C=O) groups excluding carboxylic acids is 1. The van der Waals surface area contributed by atoms with Crippen LogP contribution in [-0.2, 0) is 10.0 Å². The number of hydrogen-bond donors (Lipinski definition) is 2. The van der Waals surface area contributed by atoms with E-state index in [2.05, 4.69) is 17.8 Å². The van der Waals surface area contributed by atoms with Gasteiger partial charge in [-0.1, -0.05) is 25.1 Å². The van der Waals surface area contributed by atoms with Crippen molar-refractivity contribution in [2.45, 2.75) is 24.7 Å². The molecule has 0 unspecified atom stereocenters. The number of rotatable bonds is 5. The third-order valence-electron chi connectivity index (χ3n) is 4.59. The highest BCUT2D eigenvalue weighted by atomic mass is 32.2. The standard InChI is InChI=1S/C19H23N3O3S/c1-15-11-13-22(14-12-15)26(24,25)18-9-7-16(8-10-18)19(23)21-20-17-5-3-2-4-6-17/h2-10,15,20H,11-14H2,1H3,(H,21,23). The van der Waals surface area contributed by atoms with Gasteiger partial charge in [-0.25, -0.2) is 8.42 Å². The molecule has 0 aliphatic carbocycles. The first-order valence-electron chi connectivity index (χ1n) is 8.68. The average Bonchev–Trinajstić information content (AvgIpc) is 2.67. The summed E-state index contributed by atoms with van der Waals surface area (Å²) in [5.74, 6) is 0.231. The van der Waals surface area contributed by atoms with Crippen LogP contribution in [0.25, 0.3) is 0 Å². The fourth-order valence-electron chi connectivity index (χ4n) is 2.88. The molecule has 138 valence electrons. The van der Waals surface area contributed by atoms with Crippen LogP contribution in [0.2, 0.25) is 0 Å². The molecule has 26 heavy (non-hydrogen) atoms. The average molecular weight is 373 g/mol. The van der Waals surface area contributed by atoms with E-state index in [4.69, 9.17) is 0 Å². The molecule has 1 amide bonds. The van der Waals surface area contributed by atoms with Gasteiger partial charge < -0.3 is 0 Å². The Balaban J connectivity index is 1.65. The smallest absolute Gasteiger partial charge is 0.269 e. The van der Waals surface area contributed by atoms with Gasteiger partial charge in [0.2, 0.25) is 10.0 Å². The largest absolute Gasteiger partial charge is 0.298 e. The van der Waals surface area contributed by atoms with Crippen molar-refractivity contribution in [1.29, 1.82) is 0 Å². The van der Waals surface area contributed by atoms with E-state index in [1.807, 2.05) is 30.3 Å². The lowest BCUT2D eigenvalue weighted by Crippen LogP contribution is -2.37. The first kappa shape index (κ1) is 18.4. The van der Waals surface area contributed by atoms with E-state index < -0.39 is 10.0 Å². The maximum atomic E-state index is 12.7. The fraction of sp³-hybridized carbons (Fsp3) is 0.316. The van der Waals surface area contributed by atoms with Crippen molar-refractivity contribution in [2.24, 2.45) is 5.92 Å². The van der Waals surface area contributed by atoms with Crippen molar-refractivity contribution in [3.63, 3.8) is 0 Å². The third kappa shape index (κ3) is 4.23.